The van der Waals surface area contributed by atoms with Crippen LogP contribution in [0.1, 0.15) is 35.7 Å². The van der Waals surface area contributed by atoms with E-state index in [1.54, 1.807) is 37.4 Å². The SMILES string of the molecule is CCCS(=O)(=O)N1CCCc2ccc(NC(=O)c3ccc(OC)cc3)cc21. The van der Waals surface area contributed by atoms with Crippen molar-refractivity contribution in [3.63, 3.8) is 0 Å². The van der Waals surface area contributed by atoms with Crippen LogP contribution in [0.3, 0.4) is 0 Å². The lowest BCUT2D eigenvalue weighted by Crippen LogP contribution is -2.37. The first-order valence-electron chi connectivity index (χ1n) is 9.03. The highest BCUT2D eigenvalue weighted by Crippen LogP contribution is 2.32. The summed E-state index contributed by atoms with van der Waals surface area (Å²) in [6.07, 6.45) is 2.20. The topological polar surface area (TPSA) is 75.7 Å². The third kappa shape index (κ3) is 4.24. The van der Waals surface area contributed by atoms with Crippen molar-refractivity contribution < 1.29 is 17.9 Å². The monoisotopic (exact) mass is 388 g/mol. The number of aryl methyl sites for hydroxylation is 1. The molecule has 2 aromatic carbocycles. The lowest BCUT2D eigenvalue weighted by molar-refractivity contribution is 0.102. The van der Waals surface area contributed by atoms with Gasteiger partial charge in [0.25, 0.3) is 5.91 Å². The van der Waals surface area contributed by atoms with Gasteiger partial charge in [0, 0.05) is 17.8 Å². The first kappa shape index (κ1) is 19.2. The number of fused-ring (bicyclic) bond motifs is 1. The van der Waals surface area contributed by atoms with Gasteiger partial charge in [-0.05, 0) is 61.2 Å². The zero-order chi connectivity index (χ0) is 19.4. The number of hydrogen-bond donors (Lipinski definition) is 1. The maximum absolute atomic E-state index is 12.6. The van der Waals surface area contributed by atoms with E-state index in [0.29, 0.717) is 35.7 Å². The molecular weight excluding hydrogens is 364 g/mol. The maximum atomic E-state index is 12.6. The number of rotatable bonds is 6. The van der Waals surface area contributed by atoms with Gasteiger partial charge in [0.2, 0.25) is 10.0 Å². The van der Waals surface area contributed by atoms with E-state index in [0.717, 1.165) is 18.4 Å². The summed E-state index contributed by atoms with van der Waals surface area (Å²) in [5.74, 6) is 0.544. The van der Waals surface area contributed by atoms with Crippen LogP contribution in [0.5, 0.6) is 5.75 Å². The van der Waals surface area contributed by atoms with E-state index >= 15 is 0 Å². The molecule has 0 spiro atoms. The number of hydrogen-bond acceptors (Lipinski definition) is 4. The van der Waals surface area contributed by atoms with Crippen molar-refractivity contribution in [3.8, 4) is 5.75 Å². The van der Waals surface area contributed by atoms with Crippen LogP contribution in [-0.4, -0.2) is 33.7 Å². The van der Waals surface area contributed by atoms with Crippen molar-refractivity contribution in [1.29, 1.82) is 0 Å². The number of anilines is 2. The number of carbonyl (C=O) groups is 1. The van der Waals surface area contributed by atoms with Crippen molar-refractivity contribution in [2.45, 2.75) is 26.2 Å². The van der Waals surface area contributed by atoms with Crippen LogP contribution in [0.15, 0.2) is 42.5 Å². The quantitative estimate of drug-likeness (QED) is 0.822. The van der Waals surface area contributed by atoms with Crippen LogP contribution in [0.2, 0.25) is 0 Å². The molecule has 6 nitrogen and oxygen atoms in total. The third-order valence-corrected chi connectivity index (χ3v) is 6.54. The van der Waals surface area contributed by atoms with Crippen molar-refractivity contribution in [1.82, 2.24) is 0 Å². The fourth-order valence-corrected chi connectivity index (χ4v) is 4.83. The zero-order valence-corrected chi connectivity index (χ0v) is 16.4. The van der Waals surface area contributed by atoms with Crippen LogP contribution >= 0.6 is 0 Å². The second-order valence-electron chi connectivity index (χ2n) is 6.52. The van der Waals surface area contributed by atoms with E-state index in [9.17, 15) is 13.2 Å². The van der Waals surface area contributed by atoms with Crippen LogP contribution in [0.25, 0.3) is 0 Å². The van der Waals surface area contributed by atoms with Gasteiger partial charge in [-0.25, -0.2) is 8.42 Å². The first-order chi connectivity index (χ1) is 12.9. The van der Waals surface area contributed by atoms with Crippen LogP contribution < -0.4 is 14.4 Å². The summed E-state index contributed by atoms with van der Waals surface area (Å²) in [6.45, 7) is 2.33. The standard InChI is InChI=1S/C20H24N2O4S/c1-3-13-27(24,25)22-12-4-5-15-6-9-17(14-19(15)22)21-20(23)16-7-10-18(26-2)11-8-16/h6-11,14H,3-5,12-13H2,1-2H3,(H,21,23). The summed E-state index contributed by atoms with van der Waals surface area (Å²) < 4.78 is 31.8. The molecule has 1 aliphatic heterocycles. The van der Waals surface area contributed by atoms with Gasteiger partial charge in [0.05, 0.1) is 18.6 Å². The molecule has 0 atom stereocenters. The Morgan fingerprint density at radius 1 is 1.19 bits per heavy atom. The minimum absolute atomic E-state index is 0.120. The lowest BCUT2D eigenvalue weighted by atomic mass is 10.0. The van der Waals surface area contributed by atoms with E-state index in [1.165, 1.54) is 4.31 Å². The second kappa shape index (κ2) is 8.00. The summed E-state index contributed by atoms with van der Waals surface area (Å²) in [7, 11) is -1.78. The van der Waals surface area contributed by atoms with Crippen molar-refractivity contribution >= 4 is 27.3 Å². The molecule has 0 saturated heterocycles. The Morgan fingerprint density at radius 2 is 1.93 bits per heavy atom. The summed E-state index contributed by atoms with van der Waals surface area (Å²) in [5.41, 5.74) is 2.74. The van der Waals surface area contributed by atoms with E-state index in [-0.39, 0.29) is 11.7 Å². The van der Waals surface area contributed by atoms with Gasteiger partial charge in [-0.15, -0.1) is 0 Å². The molecule has 0 aliphatic carbocycles. The van der Waals surface area contributed by atoms with Crippen LogP contribution in [0.4, 0.5) is 11.4 Å². The lowest BCUT2D eigenvalue weighted by Gasteiger charge is -2.31. The molecule has 0 unspecified atom stereocenters. The summed E-state index contributed by atoms with van der Waals surface area (Å²) in [4.78, 5) is 12.5. The highest BCUT2D eigenvalue weighted by molar-refractivity contribution is 7.92. The maximum Gasteiger partial charge on any atom is 0.255 e. The fraction of sp³-hybridized carbons (Fsp3) is 0.350. The molecule has 7 heteroatoms. The van der Waals surface area contributed by atoms with Crippen LogP contribution in [-0.2, 0) is 16.4 Å². The number of ether oxygens (including phenoxy) is 1. The predicted octanol–water partition coefficient (Wildman–Crippen LogP) is 3.44. The molecule has 0 saturated carbocycles. The second-order valence-corrected chi connectivity index (χ2v) is 8.53. The van der Waals surface area contributed by atoms with Gasteiger partial charge < -0.3 is 10.1 Å². The number of nitrogens with one attached hydrogen (secondary N) is 1. The molecule has 1 N–H and O–H groups in total. The zero-order valence-electron chi connectivity index (χ0n) is 15.6. The smallest absolute Gasteiger partial charge is 0.255 e. The Kier molecular flexibility index (Phi) is 5.70. The van der Waals surface area contributed by atoms with Gasteiger partial charge in [-0.1, -0.05) is 13.0 Å². The largest absolute Gasteiger partial charge is 0.497 e. The van der Waals surface area contributed by atoms with Crippen molar-refractivity contribution in [2.24, 2.45) is 0 Å². The molecule has 0 fully saturated rings. The molecule has 0 radical (unpaired) electrons. The van der Waals surface area contributed by atoms with Gasteiger partial charge in [0.15, 0.2) is 0 Å². The first-order valence-corrected chi connectivity index (χ1v) is 10.6. The van der Waals surface area contributed by atoms with E-state index in [4.69, 9.17) is 4.74 Å². The Balaban J connectivity index is 1.84. The average molecular weight is 388 g/mol. The van der Waals surface area contributed by atoms with Crippen molar-refractivity contribution in [2.75, 3.05) is 29.0 Å². The Hall–Kier alpha value is -2.54. The molecule has 3 rings (SSSR count). The predicted molar refractivity (Wildman–Crippen MR) is 107 cm³/mol. The molecule has 144 valence electrons. The molecule has 0 aromatic heterocycles. The van der Waals surface area contributed by atoms with Gasteiger partial charge >= 0.3 is 0 Å². The molecule has 0 bridgehead atoms. The third-order valence-electron chi connectivity index (χ3n) is 4.57. The Bertz CT molecular complexity index is 923. The van der Waals surface area contributed by atoms with Gasteiger partial charge in [-0.3, -0.25) is 9.10 Å². The minimum atomic E-state index is -3.35. The highest BCUT2D eigenvalue weighted by Gasteiger charge is 2.27. The number of carbonyl (C=O) groups excluding carboxylic acids is 1. The number of amides is 1. The van der Waals surface area contributed by atoms with E-state index < -0.39 is 10.0 Å². The van der Waals surface area contributed by atoms with Gasteiger partial charge in [0.1, 0.15) is 5.75 Å². The normalized spacial score (nSPS) is 13.8. The Labute approximate surface area is 160 Å². The fourth-order valence-electron chi connectivity index (χ4n) is 3.22. The summed E-state index contributed by atoms with van der Waals surface area (Å²) in [5, 5.41) is 2.85. The van der Waals surface area contributed by atoms with Gasteiger partial charge in [-0.2, -0.15) is 0 Å². The molecule has 1 heterocycles. The highest BCUT2D eigenvalue weighted by atomic mass is 32.2. The number of benzene rings is 2. The number of methoxy groups -OCH3 is 1. The minimum Gasteiger partial charge on any atom is -0.497 e. The summed E-state index contributed by atoms with van der Waals surface area (Å²) in [6, 6.07) is 12.3. The molecular formula is C20H24N2O4S. The van der Waals surface area contributed by atoms with E-state index in [1.807, 2.05) is 19.1 Å². The molecule has 1 amide bonds. The van der Waals surface area contributed by atoms with E-state index in [2.05, 4.69) is 5.32 Å². The number of nitrogens with zero attached hydrogens (tertiary/aromatic N) is 1. The summed E-state index contributed by atoms with van der Waals surface area (Å²) >= 11 is 0. The average Bonchev–Trinajstić information content (AvgIpc) is 2.67. The van der Waals surface area contributed by atoms with Crippen LogP contribution in [0, 0.1) is 0 Å². The molecule has 27 heavy (non-hydrogen) atoms. The Morgan fingerprint density at radius 3 is 2.59 bits per heavy atom. The molecule has 1 aliphatic rings. The van der Waals surface area contributed by atoms with Crippen molar-refractivity contribution in [3.05, 3.63) is 53.6 Å². The molecule has 2 aromatic rings. The number of sulfonamides is 1.